The summed E-state index contributed by atoms with van der Waals surface area (Å²) in [6, 6.07) is 0.464. The van der Waals surface area contributed by atoms with Gasteiger partial charge in [0.05, 0.1) is 19.3 Å². The van der Waals surface area contributed by atoms with Crippen LogP contribution in [0.3, 0.4) is 0 Å². The summed E-state index contributed by atoms with van der Waals surface area (Å²) >= 11 is 0. The average Bonchev–Trinajstić information content (AvgIpc) is 1.97. The molecule has 2 rings (SSSR count). The van der Waals surface area contributed by atoms with Crippen LogP contribution in [0.25, 0.3) is 0 Å². The Labute approximate surface area is 71.7 Å². The highest BCUT2D eigenvalue weighted by Gasteiger charge is 2.18. The van der Waals surface area contributed by atoms with Gasteiger partial charge in [0.15, 0.2) is 0 Å². The van der Waals surface area contributed by atoms with E-state index in [4.69, 9.17) is 4.74 Å². The number of allylic oxidation sites excluding steroid dienone is 1. The SMILES string of the molecule is CC1=CC(NC2COC2)=NCN1. The van der Waals surface area contributed by atoms with Gasteiger partial charge in [0.1, 0.15) is 12.5 Å². The van der Waals surface area contributed by atoms with Gasteiger partial charge in [-0.05, 0) is 13.0 Å². The summed E-state index contributed by atoms with van der Waals surface area (Å²) in [5, 5.41) is 6.42. The minimum absolute atomic E-state index is 0.464. The highest BCUT2D eigenvalue weighted by Crippen LogP contribution is 2.01. The quantitative estimate of drug-likeness (QED) is 0.570. The van der Waals surface area contributed by atoms with Crippen LogP contribution >= 0.6 is 0 Å². The van der Waals surface area contributed by atoms with Gasteiger partial charge in [-0.15, -0.1) is 0 Å². The zero-order chi connectivity index (χ0) is 8.39. The van der Waals surface area contributed by atoms with Crippen LogP contribution < -0.4 is 10.6 Å². The lowest BCUT2D eigenvalue weighted by Gasteiger charge is -2.28. The van der Waals surface area contributed by atoms with Crippen LogP contribution in [0.15, 0.2) is 16.8 Å². The first-order valence-electron chi connectivity index (χ1n) is 4.15. The molecule has 2 aliphatic heterocycles. The van der Waals surface area contributed by atoms with Crippen molar-refractivity contribution in [2.24, 2.45) is 4.99 Å². The normalized spacial score (nSPS) is 23.4. The van der Waals surface area contributed by atoms with Crippen molar-refractivity contribution in [2.75, 3.05) is 19.9 Å². The van der Waals surface area contributed by atoms with E-state index in [0.717, 1.165) is 24.7 Å². The molecule has 0 aromatic rings. The predicted molar refractivity (Wildman–Crippen MR) is 46.9 cm³/mol. The van der Waals surface area contributed by atoms with Gasteiger partial charge >= 0.3 is 0 Å². The van der Waals surface area contributed by atoms with E-state index in [-0.39, 0.29) is 0 Å². The van der Waals surface area contributed by atoms with Crippen molar-refractivity contribution < 1.29 is 4.74 Å². The van der Waals surface area contributed by atoms with Crippen molar-refractivity contribution in [3.8, 4) is 0 Å². The van der Waals surface area contributed by atoms with E-state index in [1.807, 2.05) is 13.0 Å². The van der Waals surface area contributed by atoms with Crippen molar-refractivity contribution in [3.63, 3.8) is 0 Å². The first-order valence-corrected chi connectivity index (χ1v) is 4.15. The van der Waals surface area contributed by atoms with Crippen LogP contribution in [-0.4, -0.2) is 31.8 Å². The van der Waals surface area contributed by atoms with Gasteiger partial charge in [-0.25, -0.2) is 4.99 Å². The molecule has 2 heterocycles. The van der Waals surface area contributed by atoms with Crippen molar-refractivity contribution in [1.29, 1.82) is 0 Å². The molecule has 0 aromatic heterocycles. The van der Waals surface area contributed by atoms with E-state index in [1.165, 1.54) is 0 Å². The maximum Gasteiger partial charge on any atom is 0.125 e. The van der Waals surface area contributed by atoms with E-state index in [1.54, 1.807) is 0 Å². The first-order chi connectivity index (χ1) is 5.84. The molecular formula is C8H13N3O. The smallest absolute Gasteiger partial charge is 0.125 e. The number of nitrogens with zero attached hydrogens (tertiary/aromatic N) is 1. The largest absolute Gasteiger partial charge is 0.377 e. The molecule has 4 heteroatoms. The molecule has 0 saturated carbocycles. The van der Waals surface area contributed by atoms with E-state index in [0.29, 0.717) is 12.7 Å². The third-order valence-electron chi connectivity index (χ3n) is 1.95. The number of ether oxygens (including phenoxy) is 1. The van der Waals surface area contributed by atoms with Gasteiger partial charge in [0, 0.05) is 5.70 Å². The van der Waals surface area contributed by atoms with Crippen molar-refractivity contribution in [1.82, 2.24) is 10.6 Å². The standard InChI is InChI=1S/C8H13N3O/c1-6-2-8(10-5-9-6)11-7-3-12-4-7/h2,7,9H,3-5H2,1H3,(H,10,11). The second-order valence-electron chi connectivity index (χ2n) is 3.08. The summed E-state index contributed by atoms with van der Waals surface area (Å²) in [7, 11) is 0. The lowest BCUT2D eigenvalue weighted by Crippen LogP contribution is -2.49. The fourth-order valence-electron chi connectivity index (χ4n) is 1.17. The number of rotatable bonds is 1. The van der Waals surface area contributed by atoms with Crippen LogP contribution in [-0.2, 0) is 4.74 Å². The summed E-state index contributed by atoms with van der Waals surface area (Å²) < 4.78 is 5.05. The molecule has 1 saturated heterocycles. The first kappa shape index (κ1) is 7.61. The molecule has 0 aliphatic carbocycles. The number of nitrogens with one attached hydrogen (secondary N) is 2. The predicted octanol–water partition coefficient (Wildman–Crippen LogP) is -0.162. The maximum atomic E-state index is 5.05. The van der Waals surface area contributed by atoms with E-state index >= 15 is 0 Å². The molecule has 12 heavy (non-hydrogen) atoms. The summed E-state index contributed by atoms with van der Waals surface area (Å²) in [5.74, 6) is 0.972. The summed E-state index contributed by atoms with van der Waals surface area (Å²) in [6.07, 6.45) is 2.02. The zero-order valence-corrected chi connectivity index (χ0v) is 7.13. The Hall–Kier alpha value is -1.03. The maximum absolute atomic E-state index is 5.05. The molecule has 0 aromatic carbocycles. The molecule has 2 N–H and O–H groups in total. The van der Waals surface area contributed by atoms with E-state index in [9.17, 15) is 0 Å². The van der Waals surface area contributed by atoms with E-state index < -0.39 is 0 Å². The van der Waals surface area contributed by atoms with Crippen LogP contribution in [0, 0.1) is 0 Å². The molecule has 4 nitrogen and oxygen atoms in total. The Kier molecular flexibility index (Phi) is 1.99. The molecular weight excluding hydrogens is 154 g/mol. The fraction of sp³-hybridized carbons (Fsp3) is 0.625. The lowest BCUT2D eigenvalue weighted by atomic mass is 10.2. The minimum atomic E-state index is 0.464. The second-order valence-corrected chi connectivity index (χ2v) is 3.08. The number of amidine groups is 1. The van der Waals surface area contributed by atoms with Gasteiger partial charge in [-0.3, -0.25) is 0 Å². The van der Waals surface area contributed by atoms with Crippen molar-refractivity contribution in [3.05, 3.63) is 11.8 Å². The highest BCUT2D eigenvalue weighted by molar-refractivity contribution is 5.94. The lowest BCUT2D eigenvalue weighted by molar-refractivity contribution is 0.00329. The molecule has 0 unspecified atom stereocenters. The van der Waals surface area contributed by atoms with Gasteiger partial charge in [-0.2, -0.15) is 0 Å². The van der Waals surface area contributed by atoms with E-state index in [2.05, 4.69) is 15.6 Å². The summed E-state index contributed by atoms with van der Waals surface area (Å²) in [5.41, 5.74) is 1.16. The Balaban J connectivity index is 1.90. The average molecular weight is 167 g/mol. The summed E-state index contributed by atoms with van der Waals surface area (Å²) in [4.78, 5) is 4.26. The molecule has 0 spiro atoms. The van der Waals surface area contributed by atoms with Crippen molar-refractivity contribution in [2.45, 2.75) is 13.0 Å². The Morgan fingerprint density at radius 2 is 2.50 bits per heavy atom. The van der Waals surface area contributed by atoms with Crippen molar-refractivity contribution >= 4 is 5.84 Å². The molecule has 2 aliphatic rings. The molecule has 66 valence electrons. The monoisotopic (exact) mass is 167 g/mol. The molecule has 1 fully saturated rings. The van der Waals surface area contributed by atoms with Crippen LogP contribution in [0.4, 0.5) is 0 Å². The second kappa shape index (κ2) is 3.15. The molecule has 0 bridgehead atoms. The number of hydrogen-bond donors (Lipinski definition) is 2. The number of hydrogen-bond acceptors (Lipinski definition) is 4. The molecule has 0 radical (unpaired) electrons. The zero-order valence-electron chi connectivity index (χ0n) is 7.13. The third kappa shape index (κ3) is 1.58. The van der Waals surface area contributed by atoms with Crippen LogP contribution in [0.1, 0.15) is 6.92 Å². The third-order valence-corrected chi connectivity index (χ3v) is 1.95. The van der Waals surface area contributed by atoms with Gasteiger partial charge in [0.2, 0.25) is 0 Å². The van der Waals surface area contributed by atoms with Gasteiger partial charge < -0.3 is 15.4 Å². The molecule has 0 atom stereocenters. The minimum Gasteiger partial charge on any atom is -0.377 e. The van der Waals surface area contributed by atoms with Gasteiger partial charge in [0.25, 0.3) is 0 Å². The topological polar surface area (TPSA) is 45.6 Å². The Morgan fingerprint density at radius 1 is 1.67 bits per heavy atom. The summed E-state index contributed by atoms with van der Waals surface area (Å²) in [6.45, 7) is 4.32. The molecule has 0 amide bonds. The van der Waals surface area contributed by atoms with Gasteiger partial charge in [-0.1, -0.05) is 0 Å². The Bertz CT molecular complexity index is 230. The number of aliphatic imine (C=N–C) groups is 1. The Morgan fingerprint density at radius 3 is 3.08 bits per heavy atom. The van der Waals surface area contributed by atoms with Crippen LogP contribution in [0.2, 0.25) is 0 Å². The van der Waals surface area contributed by atoms with Crippen LogP contribution in [0.5, 0.6) is 0 Å². The highest BCUT2D eigenvalue weighted by atomic mass is 16.5. The fourth-order valence-corrected chi connectivity index (χ4v) is 1.17.